The number of hydrogen-bond donors (Lipinski definition) is 0. The van der Waals surface area contributed by atoms with Crippen LogP contribution < -0.4 is 0 Å². The van der Waals surface area contributed by atoms with Gasteiger partial charge in [0.05, 0.1) is 5.69 Å². The summed E-state index contributed by atoms with van der Waals surface area (Å²) in [6.45, 7) is 23.5. The summed E-state index contributed by atoms with van der Waals surface area (Å²) in [5, 5.41) is 9.91. The molecule has 3 aromatic rings. The lowest BCUT2D eigenvalue weighted by atomic mass is 9.64. The van der Waals surface area contributed by atoms with Crippen molar-refractivity contribution < 1.29 is 0 Å². The molecule has 168 valence electrons. The van der Waals surface area contributed by atoms with Gasteiger partial charge >= 0.3 is 0 Å². The van der Waals surface area contributed by atoms with Gasteiger partial charge in [0.2, 0.25) is 0 Å². The van der Waals surface area contributed by atoms with Gasteiger partial charge in [0.25, 0.3) is 0 Å². The summed E-state index contributed by atoms with van der Waals surface area (Å²) < 4.78 is 0. The smallest absolute Gasteiger partial charge is 0.117 e. The summed E-state index contributed by atoms with van der Waals surface area (Å²) in [5.41, 5.74) is 6.23. The van der Waals surface area contributed by atoms with Crippen molar-refractivity contribution in [1.82, 2.24) is 15.0 Å². The fourth-order valence-electron chi connectivity index (χ4n) is 5.74. The molecular weight excluding hydrogens is 378 g/mol. The van der Waals surface area contributed by atoms with Gasteiger partial charge in [-0.25, -0.2) is 0 Å². The number of rotatable bonds is 5. The number of aromatic nitrogens is 3. The molecule has 3 nitrogen and oxygen atoms in total. The highest BCUT2D eigenvalue weighted by Gasteiger charge is 2.37. The Morgan fingerprint density at radius 3 is 1.74 bits per heavy atom. The molecule has 1 aromatic heterocycles. The lowest BCUT2D eigenvalue weighted by Gasteiger charge is -2.40. The molecule has 0 spiro atoms. The average molecular weight is 420 g/mol. The number of para-hydroxylation sites is 1. The van der Waals surface area contributed by atoms with E-state index in [0.29, 0.717) is 0 Å². The SMILES string of the molecule is CC(C)(C)CC(C)(C)c1ccc2nn(-c3ccccc3)nc2c1C(C)(C)CC(C)(C)C. The van der Waals surface area contributed by atoms with Gasteiger partial charge in [0, 0.05) is 0 Å². The molecule has 0 N–H and O–H groups in total. The third-order valence-corrected chi connectivity index (χ3v) is 5.89. The van der Waals surface area contributed by atoms with Gasteiger partial charge in [0.1, 0.15) is 11.0 Å². The molecule has 3 rings (SSSR count). The van der Waals surface area contributed by atoms with E-state index >= 15 is 0 Å². The predicted molar refractivity (Wildman–Crippen MR) is 133 cm³/mol. The third kappa shape index (κ3) is 5.37. The normalized spacial score (nSPS) is 13.7. The molecule has 0 saturated heterocycles. The van der Waals surface area contributed by atoms with Crippen molar-refractivity contribution in [3.63, 3.8) is 0 Å². The molecule has 0 aliphatic heterocycles. The molecule has 3 heteroatoms. The highest BCUT2D eigenvalue weighted by atomic mass is 15.5. The van der Waals surface area contributed by atoms with E-state index in [4.69, 9.17) is 10.2 Å². The van der Waals surface area contributed by atoms with Gasteiger partial charge in [-0.2, -0.15) is 4.80 Å². The molecule has 1 heterocycles. The summed E-state index contributed by atoms with van der Waals surface area (Å²) in [6.07, 6.45) is 2.19. The standard InChI is InChI=1S/C28H41N3/c1-25(2,3)18-27(7,8)21-16-17-22-24(23(21)28(9,10)19-26(4,5)6)30-31(29-22)20-14-12-11-13-15-20/h11-17H,18-19H2,1-10H3. The minimum atomic E-state index is -0.0280. The number of nitrogens with zero attached hydrogens (tertiary/aromatic N) is 3. The van der Waals surface area contributed by atoms with Gasteiger partial charge in [-0.05, 0) is 63.8 Å². The van der Waals surface area contributed by atoms with Crippen LogP contribution in [0.25, 0.3) is 16.7 Å². The van der Waals surface area contributed by atoms with Crippen LogP contribution in [0.15, 0.2) is 42.5 Å². The largest absolute Gasteiger partial charge is 0.150 e. The molecule has 2 aromatic carbocycles. The molecule has 0 aliphatic carbocycles. The summed E-state index contributed by atoms with van der Waals surface area (Å²) in [4.78, 5) is 1.79. The Hall–Kier alpha value is -2.16. The van der Waals surface area contributed by atoms with Crippen LogP contribution >= 0.6 is 0 Å². The summed E-state index contributed by atoms with van der Waals surface area (Å²) in [5.74, 6) is 0. The van der Waals surface area contributed by atoms with E-state index in [9.17, 15) is 0 Å². The summed E-state index contributed by atoms with van der Waals surface area (Å²) in [6, 6.07) is 14.7. The van der Waals surface area contributed by atoms with Gasteiger partial charge < -0.3 is 0 Å². The quantitative estimate of drug-likeness (QED) is 0.421. The van der Waals surface area contributed by atoms with Crippen LogP contribution in [0.1, 0.15) is 93.2 Å². The van der Waals surface area contributed by atoms with Crippen molar-refractivity contribution in [3.05, 3.63) is 53.6 Å². The van der Waals surface area contributed by atoms with Crippen LogP contribution in [0.2, 0.25) is 0 Å². The molecular formula is C28H41N3. The second kappa shape index (κ2) is 7.76. The molecule has 31 heavy (non-hydrogen) atoms. The van der Waals surface area contributed by atoms with Crippen molar-refractivity contribution in [3.8, 4) is 5.69 Å². The molecule has 0 bridgehead atoms. The molecule has 0 radical (unpaired) electrons. The van der Waals surface area contributed by atoms with Gasteiger partial charge in [0.15, 0.2) is 0 Å². The maximum absolute atomic E-state index is 5.06. The Bertz CT molecular complexity index is 1040. The zero-order chi connectivity index (χ0) is 23.2. The average Bonchev–Trinajstić information content (AvgIpc) is 3.01. The summed E-state index contributed by atoms with van der Waals surface area (Å²) >= 11 is 0. The molecule has 0 atom stereocenters. The van der Waals surface area contributed by atoms with Crippen LogP contribution in [0, 0.1) is 10.8 Å². The van der Waals surface area contributed by atoms with Crippen LogP contribution in [0.5, 0.6) is 0 Å². The van der Waals surface area contributed by atoms with E-state index in [0.717, 1.165) is 29.6 Å². The Kier molecular flexibility index (Phi) is 5.88. The minimum absolute atomic E-state index is 0.0280. The maximum Gasteiger partial charge on any atom is 0.117 e. The first-order valence-electron chi connectivity index (χ1n) is 11.6. The first-order chi connectivity index (χ1) is 14.1. The molecule has 0 amide bonds. The van der Waals surface area contributed by atoms with Crippen molar-refractivity contribution in [1.29, 1.82) is 0 Å². The van der Waals surface area contributed by atoms with Crippen LogP contribution in [-0.2, 0) is 10.8 Å². The fraction of sp³-hybridized carbons (Fsp3) is 0.571. The second-order valence-electron chi connectivity index (χ2n) is 12.9. The zero-order valence-corrected chi connectivity index (χ0v) is 21.3. The van der Waals surface area contributed by atoms with Crippen molar-refractivity contribution in [2.45, 2.75) is 92.9 Å². The first-order valence-corrected chi connectivity index (χ1v) is 11.6. The molecule has 0 fully saturated rings. The van der Waals surface area contributed by atoms with E-state index in [1.807, 2.05) is 18.2 Å². The van der Waals surface area contributed by atoms with Crippen LogP contribution in [0.4, 0.5) is 0 Å². The molecule has 0 aliphatic rings. The van der Waals surface area contributed by atoms with E-state index in [-0.39, 0.29) is 21.7 Å². The predicted octanol–water partition coefficient (Wildman–Crippen LogP) is 7.85. The Morgan fingerprint density at radius 1 is 0.645 bits per heavy atom. The van der Waals surface area contributed by atoms with Crippen molar-refractivity contribution in [2.75, 3.05) is 0 Å². The number of hydrogen-bond acceptors (Lipinski definition) is 2. The monoisotopic (exact) mass is 419 g/mol. The minimum Gasteiger partial charge on any atom is -0.150 e. The van der Waals surface area contributed by atoms with E-state index in [1.165, 1.54) is 11.1 Å². The van der Waals surface area contributed by atoms with E-state index < -0.39 is 0 Å². The maximum atomic E-state index is 5.06. The van der Waals surface area contributed by atoms with Gasteiger partial charge in [-0.1, -0.05) is 93.5 Å². The lowest BCUT2D eigenvalue weighted by molar-refractivity contribution is 0.265. The van der Waals surface area contributed by atoms with E-state index in [2.05, 4.69) is 93.5 Å². The van der Waals surface area contributed by atoms with Crippen LogP contribution in [0.3, 0.4) is 0 Å². The molecule has 0 saturated carbocycles. The molecule has 0 unspecified atom stereocenters. The van der Waals surface area contributed by atoms with Crippen LogP contribution in [-0.4, -0.2) is 15.0 Å². The van der Waals surface area contributed by atoms with Crippen molar-refractivity contribution >= 4 is 11.0 Å². The Morgan fingerprint density at radius 2 is 1.19 bits per heavy atom. The van der Waals surface area contributed by atoms with Gasteiger partial charge in [-0.3, -0.25) is 0 Å². The van der Waals surface area contributed by atoms with Gasteiger partial charge in [-0.15, -0.1) is 10.2 Å². The summed E-state index contributed by atoms with van der Waals surface area (Å²) in [7, 11) is 0. The fourth-order valence-corrected chi connectivity index (χ4v) is 5.74. The first kappa shape index (κ1) is 23.5. The topological polar surface area (TPSA) is 30.7 Å². The highest BCUT2D eigenvalue weighted by Crippen LogP contribution is 2.46. The van der Waals surface area contributed by atoms with E-state index in [1.54, 1.807) is 4.80 Å². The Balaban J connectivity index is 2.28. The second-order valence-corrected chi connectivity index (χ2v) is 12.9. The highest BCUT2D eigenvalue weighted by molar-refractivity contribution is 5.81. The third-order valence-electron chi connectivity index (χ3n) is 5.89. The van der Waals surface area contributed by atoms with Crippen molar-refractivity contribution in [2.24, 2.45) is 10.8 Å². The zero-order valence-electron chi connectivity index (χ0n) is 21.3. The number of benzene rings is 2. The Labute approximate surface area is 189 Å². The lowest BCUT2D eigenvalue weighted by Crippen LogP contribution is -2.32. The number of fused-ring (bicyclic) bond motifs is 1.